The molecule has 0 fully saturated rings. The highest BCUT2D eigenvalue weighted by atomic mass is 32.1. The van der Waals surface area contributed by atoms with Crippen LogP contribution in [0.3, 0.4) is 0 Å². The van der Waals surface area contributed by atoms with Crippen LogP contribution in [0, 0.1) is 6.92 Å². The van der Waals surface area contributed by atoms with Gasteiger partial charge in [0, 0.05) is 19.3 Å². The largest absolute Gasteiger partial charge is 0.357 e. The quantitative estimate of drug-likeness (QED) is 0.587. The van der Waals surface area contributed by atoms with E-state index in [1.165, 1.54) is 5.56 Å². The molecule has 0 aliphatic heterocycles. The van der Waals surface area contributed by atoms with Gasteiger partial charge in [-0.2, -0.15) is 0 Å². The second kappa shape index (κ2) is 8.45. The summed E-state index contributed by atoms with van der Waals surface area (Å²) in [6, 6.07) is 18.1. The number of hydrogen-bond donors (Lipinski definition) is 3. The van der Waals surface area contributed by atoms with Crippen LogP contribution in [-0.2, 0) is 6.54 Å². The van der Waals surface area contributed by atoms with E-state index >= 15 is 0 Å². The van der Waals surface area contributed by atoms with Crippen molar-refractivity contribution in [1.29, 1.82) is 0 Å². The molecule has 4 nitrogen and oxygen atoms in total. The van der Waals surface area contributed by atoms with E-state index in [4.69, 9.17) is 24.4 Å². The number of benzene rings is 2. The second-order valence-electron chi connectivity index (χ2n) is 5.08. The normalized spacial score (nSPS) is 9.83. The average molecular weight is 345 g/mol. The average Bonchev–Trinajstić information content (AvgIpc) is 2.55. The van der Waals surface area contributed by atoms with E-state index in [1.807, 2.05) is 68.6 Å². The zero-order chi connectivity index (χ0) is 16.7. The van der Waals surface area contributed by atoms with Gasteiger partial charge in [-0.25, -0.2) is 0 Å². The summed E-state index contributed by atoms with van der Waals surface area (Å²) in [5, 5.41) is 9.10. The first-order valence-electron chi connectivity index (χ1n) is 7.25. The van der Waals surface area contributed by atoms with Crippen molar-refractivity contribution >= 4 is 40.3 Å². The summed E-state index contributed by atoms with van der Waals surface area (Å²) < 4.78 is 0. The monoisotopic (exact) mass is 344 g/mol. The first-order chi connectivity index (χ1) is 11.1. The molecule has 0 unspecified atom stereocenters. The molecule has 0 heterocycles. The number of aryl methyl sites for hydroxylation is 1. The van der Waals surface area contributed by atoms with Gasteiger partial charge in [-0.05, 0) is 48.6 Å². The number of nitrogens with zero attached hydrogens (tertiary/aromatic N) is 1. The molecule has 0 saturated carbocycles. The predicted octanol–water partition coefficient (Wildman–Crippen LogP) is 3.20. The van der Waals surface area contributed by atoms with Crippen molar-refractivity contribution < 1.29 is 0 Å². The topological polar surface area (TPSA) is 39.3 Å². The lowest BCUT2D eigenvalue weighted by atomic mass is 10.2. The van der Waals surface area contributed by atoms with Crippen LogP contribution in [0.15, 0.2) is 54.6 Å². The van der Waals surface area contributed by atoms with E-state index < -0.39 is 0 Å². The SMILES string of the molecule is Cc1ccccc1NC(=S)NN(C)C(=S)NCc1ccccc1. The minimum atomic E-state index is 0.491. The Morgan fingerprint density at radius 3 is 2.35 bits per heavy atom. The minimum Gasteiger partial charge on any atom is -0.357 e. The molecule has 3 N–H and O–H groups in total. The van der Waals surface area contributed by atoms with Gasteiger partial charge >= 0.3 is 0 Å². The number of para-hydroxylation sites is 1. The third-order valence-electron chi connectivity index (χ3n) is 3.25. The van der Waals surface area contributed by atoms with E-state index in [9.17, 15) is 0 Å². The van der Waals surface area contributed by atoms with E-state index in [2.05, 4.69) is 16.1 Å². The van der Waals surface area contributed by atoms with Crippen molar-refractivity contribution in [1.82, 2.24) is 15.8 Å². The first-order valence-corrected chi connectivity index (χ1v) is 8.06. The van der Waals surface area contributed by atoms with Gasteiger partial charge in [0.15, 0.2) is 10.2 Å². The van der Waals surface area contributed by atoms with Gasteiger partial charge in [-0.3, -0.25) is 10.4 Å². The molecule has 0 aromatic heterocycles. The minimum absolute atomic E-state index is 0.491. The number of anilines is 1. The standard InChI is InChI=1S/C17H20N4S2/c1-13-8-6-7-11-15(13)19-16(22)20-21(2)17(23)18-12-14-9-4-3-5-10-14/h3-11H,12H2,1-2H3,(H,18,23)(H2,19,20,22). The second-order valence-corrected chi connectivity index (χ2v) is 5.88. The summed E-state index contributed by atoms with van der Waals surface area (Å²) in [4.78, 5) is 0. The lowest BCUT2D eigenvalue weighted by Gasteiger charge is -2.24. The highest BCUT2D eigenvalue weighted by molar-refractivity contribution is 7.80. The first kappa shape index (κ1) is 17.2. The van der Waals surface area contributed by atoms with Crippen molar-refractivity contribution in [2.24, 2.45) is 0 Å². The molecular formula is C17H20N4S2. The van der Waals surface area contributed by atoms with Gasteiger partial charge < -0.3 is 10.6 Å². The highest BCUT2D eigenvalue weighted by Crippen LogP contribution is 2.12. The Morgan fingerprint density at radius 2 is 1.65 bits per heavy atom. The van der Waals surface area contributed by atoms with Crippen molar-refractivity contribution in [2.75, 3.05) is 12.4 Å². The van der Waals surface area contributed by atoms with E-state index in [0.717, 1.165) is 11.3 Å². The van der Waals surface area contributed by atoms with Crippen molar-refractivity contribution in [2.45, 2.75) is 13.5 Å². The van der Waals surface area contributed by atoms with Crippen LogP contribution in [0.1, 0.15) is 11.1 Å². The van der Waals surface area contributed by atoms with Crippen molar-refractivity contribution in [3.8, 4) is 0 Å². The maximum absolute atomic E-state index is 5.35. The van der Waals surface area contributed by atoms with Crippen LogP contribution >= 0.6 is 24.4 Å². The number of thiocarbonyl (C=S) groups is 2. The van der Waals surface area contributed by atoms with Gasteiger partial charge in [0.2, 0.25) is 0 Å². The Bertz CT molecular complexity index is 673. The molecule has 2 rings (SSSR count). The fourth-order valence-electron chi connectivity index (χ4n) is 1.96. The van der Waals surface area contributed by atoms with E-state index in [0.29, 0.717) is 16.8 Å². The predicted molar refractivity (Wildman–Crippen MR) is 104 cm³/mol. The van der Waals surface area contributed by atoms with Crippen molar-refractivity contribution in [3.05, 3.63) is 65.7 Å². The molecule has 2 aromatic rings. The summed E-state index contributed by atoms with van der Waals surface area (Å²) in [6.07, 6.45) is 0. The molecule has 0 bridgehead atoms. The molecule has 0 aliphatic rings. The van der Waals surface area contributed by atoms with Gasteiger partial charge in [0.25, 0.3) is 0 Å². The molecule has 0 spiro atoms. The number of hydrogen-bond acceptors (Lipinski definition) is 2. The summed E-state index contributed by atoms with van der Waals surface area (Å²) in [5.41, 5.74) is 6.31. The molecule has 0 saturated heterocycles. The Kier molecular flexibility index (Phi) is 6.31. The molecule has 0 atom stereocenters. The molecule has 0 aliphatic carbocycles. The van der Waals surface area contributed by atoms with Gasteiger partial charge in [0.05, 0.1) is 0 Å². The Balaban J connectivity index is 1.81. The van der Waals surface area contributed by atoms with Gasteiger partial charge in [-0.1, -0.05) is 48.5 Å². The Labute approximate surface area is 147 Å². The fraction of sp³-hybridized carbons (Fsp3) is 0.176. The molecule has 23 heavy (non-hydrogen) atoms. The number of rotatable bonds is 3. The summed E-state index contributed by atoms with van der Waals surface area (Å²) >= 11 is 10.7. The van der Waals surface area contributed by atoms with Crippen LogP contribution in [0.5, 0.6) is 0 Å². The Morgan fingerprint density at radius 1 is 1.00 bits per heavy atom. The van der Waals surface area contributed by atoms with Crippen LogP contribution in [0.2, 0.25) is 0 Å². The molecule has 2 aromatic carbocycles. The maximum Gasteiger partial charge on any atom is 0.189 e. The summed E-state index contributed by atoms with van der Waals surface area (Å²) in [7, 11) is 1.83. The van der Waals surface area contributed by atoms with Crippen LogP contribution in [-0.4, -0.2) is 22.3 Å². The van der Waals surface area contributed by atoms with Gasteiger partial charge in [-0.15, -0.1) is 0 Å². The maximum atomic E-state index is 5.35. The van der Waals surface area contributed by atoms with Crippen molar-refractivity contribution in [3.63, 3.8) is 0 Å². The van der Waals surface area contributed by atoms with E-state index in [-0.39, 0.29) is 0 Å². The summed E-state index contributed by atoms with van der Waals surface area (Å²) in [5.74, 6) is 0. The molecule has 6 heteroatoms. The molecule has 0 amide bonds. The van der Waals surface area contributed by atoms with E-state index in [1.54, 1.807) is 5.01 Å². The van der Waals surface area contributed by atoms with Crippen LogP contribution < -0.4 is 16.1 Å². The Hall–Kier alpha value is -2.18. The molecule has 120 valence electrons. The smallest absolute Gasteiger partial charge is 0.189 e. The zero-order valence-electron chi connectivity index (χ0n) is 13.2. The summed E-state index contributed by atoms with van der Waals surface area (Å²) in [6.45, 7) is 2.70. The number of hydrazine groups is 1. The van der Waals surface area contributed by atoms with Crippen LogP contribution in [0.4, 0.5) is 5.69 Å². The fourth-order valence-corrected chi connectivity index (χ4v) is 2.32. The molecular weight excluding hydrogens is 324 g/mol. The zero-order valence-corrected chi connectivity index (χ0v) is 14.8. The lowest BCUT2D eigenvalue weighted by Crippen LogP contribution is -2.49. The van der Waals surface area contributed by atoms with Gasteiger partial charge in [0.1, 0.15) is 0 Å². The third kappa shape index (κ3) is 5.50. The lowest BCUT2D eigenvalue weighted by molar-refractivity contribution is 0.450. The molecule has 0 radical (unpaired) electrons. The van der Waals surface area contributed by atoms with Crippen LogP contribution in [0.25, 0.3) is 0 Å². The number of nitrogens with one attached hydrogen (secondary N) is 3. The highest BCUT2D eigenvalue weighted by Gasteiger charge is 2.06. The third-order valence-corrected chi connectivity index (χ3v) is 3.87.